The van der Waals surface area contributed by atoms with Crippen molar-refractivity contribution >= 4 is 17.2 Å². The molecule has 2 heterocycles. The largest absolute Gasteiger partial charge is 0.347 e. The molecule has 0 saturated carbocycles. The Morgan fingerprint density at radius 2 is 2.67 bits per heavy atom. The van der Waals surface area contributed by atoms with Crippen LogP contribution in [0, 0.1) is 0 Å². The normalized spacial score (nSPS) is 22.7. The van der Waals surface area contributed by atoms with Crippen molar-refractivity contribution in [2.75, 3.05) is 0 Å². The molecule has 0 bridgehead atoms. The maximum Gasteiger partial charge on any atom is 0.224 e. The van der Waals surface area contributed by atoms with Crippen molar-refractivity contribution < 1.29 is 9.36 Å². The molecule has 1 atom stereocenters. The van der Waals surface area contributed by atoms with Crippen LogP contribution in [0.5, 0.6) is 0 Å². The van der Waals surface area contributed by atoms with E-state index >= 15 is 0 Å². The Morgan fingerprint density at radius 3 is 3.25 bits per heavy atom. The predicted octanol–water partition coefficient (Wildman–Crippen LogP) is 0.314. The lowest BCUT2D eigenvalue weighted by molar-refractivity contribution is -0.694. The van der Waals surface area contributed by atoms with E-state index in [-0.39, 0.29) is 5.91 Å². The van der Waals surface area contributed by atoms with Crippen LogP contribution in [0.25, 0.3) is 0 Å². The number of nitrogens with zero attached hydrogens (tertiary/aromatic N) is 1. The van der Waals surface area contributed by atoms with Crippen molar-refractivity contribution in [2.45, 2.75) is 25.4 Å². The molecule has 1 aliphatic rings. The van der Waals surface area contributed by atoms with Crippen LogP contribution in [-0.4, -0.2) is 11.9 Å². The van der Waals surface area contributed by atoms with Gasteiger partial charge in [-0.1, -0.05) is 11.3 Å². The van der Waals surface area contributed by atoms with Crippen molar-refractivity contribution in [1.29, 1.82) is 0 Å². The highest BCUT2D eigenvalue weighted by atomic mass is 32.1. The molecular formula is C8H11N2OS+. The SMILES string of the molecule is O=C1CC[C@@H](C[n+]2ccsc2)N1. The highest BCUT2D eigenvalue weighted by Gasteiger charge is 2.23. The van der Waals surface area contributed by atoms with E-state index in [4.69, 9.17) is 0 Å². The van der Waals surface area contributed by atoms with Crippen LogP contribution >= 0.6 is 11.3 Å². The third-order valence-electron chi connectivity index (χ3n) is 2.04. The van der Waals surface area contributed by atoms with Gasteiger partial charge in [0.15, 0.2) is 12.7 Å². The molecule has 0 unspecified atom stereocenters. The van der Waals surface area contributed by atoms with E-state index in [1.54, 1.807) is 11.3 Å². The molecule has 0 aromatic carbocycles. The summed E-state index contributed by atoms with van der Waals surface area (Å²) in [6, 6.07) is 0.345. The smallest absolute Gasteiger partial charge is 0.224 e. The molecule has 1 fully saturated rings. The lowest BCUT2D eigenvalue weighted by Gasteiger charge is -2.02. The summed E-state index contributed by atoms with van der Waals surface area (Å²) in [4.78, 5) is 10.9. The van der Waals surface area contributed by atoms with Crippen LogP contribution in [-0.2, 0) is 11.3 Å². The number of hydrogen-bond donors (Lipinski definition) is 1. The van der Waals surface area contributed by atoms with Gasteiger partial charge in [0.05, 0.1) is 11.4 Å². The fourth-order valence-electron chi connectivity index (χ4n) is 1.43. The summed E-state index contributed by atoms with van der Waals surface area (Å²) in [7, 11) is 0. The van der Waals surface area contributed by atoms with Gasteiger partial charge in [-0.05, 0) is 6.42 Å². The average Bonchev–Trinajstić information content (AvgIpc) is 2.63. The second kappa shape index (κ2) is 3.23. The number of carbonyl (C=O) groups is 1. The Morgan fingerprint density at radius 1 is 1.75 bits per heavy atom. The van der Waals surface area contributed by atoms with Crippen molar-refractivity contribution in [3.8, 4) is 0 Å². The van der Waals surface area contributed by atoms with E-state index in [1.807, 2.05) is 11.6 Å². The molecule has 4 heteroatoms. The standard InChI is InChI=1S/C8H10N2OS/c11-8-2-1-7(9-8)5-10-3-4-12-6-10/h3-4,6-7H,1-2,5H2/p+1/t7-/m0/s1. The summed E-state index contributed by atoms with van der Waals surface area (Å²) in [5, 5.41) is 4.98. The van der Waals surface area contributed by atoms with Crippen molar-refractivity contribution in [2.24, 2.45) is 0 Å². The average molecular weight is 183 g/mol. The van der Waals surface area contributed by atoms with Gasteiger partial charge in [0, 0.05) is 6.42 Å². The van der Waals surface area contributed by atoms with Crippen LogP contribution in [0.1, 0.15) is 12.8 Å². The zero-order valence-electron chi connectivity index (χ0n) is 6.69. The molecule has 1 aliphatic heterocycles. The zero-order chi connectivity index (χ0) is 8.39. The fourth-order valence-corrected chi connectivity index (χ4v) is 2.04. The van der Waals surface area contributed by atoms with E-state index in [0.29, 0.717) is 12.5 Å². The molecule has 1 saturated heterocycles. The monoisotopic (exact) mass is 183 g/mol. The van der Waals surface area contributed by atoms with Gasteiger partial charge in [-0.2, -0.15) is 4.57 Å². The van der Waals surface area contributed by atoms with Gasteiger partial charge >= 0.3 is 0 Å². The number of rotatable bonds is 2. The summed E-state index contributed by atoms with van der Waals surface area (Å²) in [5.41, 5.74) is 2.06. The van der Waals surface area contributed by atoms with Gasteiger partial charge in [0.2, 0.25) is 11.4 Å². The van der Waals surface area contributed by atoms with Gasteiger partial charge in [0.1, 0.15) is 0 Å². The molecule has 1 amide bonds. The number of carbonyl (C=O) groups excluding carboxylic acids is 1. The number of hydrogen-bond acceptors (Lipinski definition) is 2. The van der Waals surface area contributed by atoms with Crippen molar-refractivity contribution in [3.05, 3.63) is 17.1 Å². The minimum atomic E-state index is 0.191. The first kappa shape index (κ1) is 7.73. The fraction of sp³-hybridized carbons (Fsp3) is 0.500. The van der Waals surface area contributed by atoms with Gasteiger partial charge in [-0.25, -0.2) is 0 Å². The first-order chi connectivity index (χ1) is 5.84. The minimum absolute atomic E-state index is 0.191. The first-order valence-corrected chi connectivity index (χ1v) is 4.99. The molecule has 12 heavy (non-hydrogen) atoms. The van der Waals surface area contributed by atoms with Crippen LogP contribution in [0.3, 0.4) is 0 Å². The molecule has 0 radical (unpaired) electrons. The summed E-state index contributed by atoms with van der Waals surface area (Å²) in [6.45, 7) is 0.912. The third kappa shape index (κ3) is 1.64. The lowest BCUT2D eigenvalue weighted by atomic mass is 10.2. The zero-order valence-corrected chi connectivity index (χ0v) is 7.51. The highest BCUT2D eigenvalue weighted by Crippen LogP contribution is 2.06. The Balaban J connectivity index is 1.92. The maximum absolute atomic E-state index is 10.9. The molecule has 3 nitrogen and oxygen atoms in total. The topological polar surface area (TPSA) is 33.0 Å². The van der Waals surface area contributed by atoms with Gasteiger partial charge in [-0.3, -0.25) is 4.79 Å². The molecule has 0 aliphatic carbocycles. The number of aromatic nitrogens is 1. The Labute approximate surface area is 75.0 Å². The van der Waals surface area contributed by atoms with Crippen molar-refractivity contribution in [1.82, 2.24) is 5.32 Å². The van der Waals surface area contributed by atoms with Crippen LogP contribution in [0.15, 0.2) is 17.1 Å². The molecule has 0 spiro atoms. The summed E-state index contributed by atoms with van der Waals surface area (Å²) >= 11 is 1.67. The van der Waals surface area contributed by atoms with Gasteiger partial charge in [0.25, 0.3) is 0 Å². The number of thiazole rings is 1. The van der Waals surface area contributed by atoms with Crippen molar-refractivity contribution in [3.63, 3.8) is 0 Å². The number of nitrogens with one attached hydrogen (secondary N) is 1. The molecule has 1 aromatic rings. The Kier molecular flexibility index (Phi) is 2.08. The highest BCUT2D eigenvalue weighted by molar-refractivity contribution is 7.07. The molecule has 2 rings (SSSR count). The molecule has 1 N–H and O–H groups in total. The second-order valence-electron chi connectivity index (χ2n) is 3.03. The van der Waals surface area contributed by atoms with E-state index in [0.717, 1.165) is 13.0 Å². The molecular weight excluding hydrogens is 172 g/mol. The van der Waals surface area contributed by atoms with E-state index < -0.39 is 0 Å². The number of amides is 1. The van der Waals surface area contributed by atoms with Gasteiger partial charge < -0.3 is 5.32 Å². The van der Waals surface area contributed by atoms with E-state index in [2.05, 4.69) is 15.4 Å². The summed E-state index contributed by atoms with van der Waals surface area (Å²) < 4.78 is 2.11. The van der Waals surface area contributed by atoms with Crippen LogP contribution < -0.4 is 9.88 Å². The third-order valence-corrected chi connectivity index (χ3v) is 2.71. The first-order valence-electron chi connectivity index (χ1n) is 4.05. The van der Waals surface area contributed by atoms with E-state index in [9.17, 15) is 4.79 Å². The second-order valence-corrected chi connectivity index (χ2v) is 3.78. The summed E-state index contributed by atoms with van der Waals surface area (Å²) in [6.07, 6.45) is 3.70. The quantitative estimate of drug-likeness (QED) is 0.658. The predicted molar refractivity (Wildman–Crippen MR) is 45.7 cm³/mol. The Hall–Kier alpha value is -0.900. The Bertz CT molecular complexity index is 271. The van der Waals surface area contributed by atoms with Crippen LogP contribution in [0.4, 0.5) is 0 Å². The van der Waals surface area contributed by atoms with Gasteiger partial charge in [-0.15, -0.1) is 0 Å². The summed E-state index contributed by atoms with van der Waals surface area (Å²) in [5.74, 6) is 0.191. The molecule has 1 aromatic heterocycles. The van der Waals surface area contributed by atoms with Crippen LogP contribution in [0.2, 0.25) is 0 Å². The van der Waals surface area contributed by atoms with E-state index in [1.165, 1.54) is 0 Å². The molecule has 64 valence electrons. The maximum atomic E-state index is 10.9. The minimum Gasteiger partial charge on any atom is -0.347 e. The lowest BCUT2D eigenvalue weighted by Crippen LogP contribution is -2.42.